The number of cyclic esters (lactones) is 1. The first kappa shape index (κ1) is 45.2. The van der Waals surface area contributed by atoms with Gasteiger partial charge in [-0.25, -0.2) is 19.4 Å². The summed E-state index contributed by atoms with van der Waals surface area (Å²) in [6.07, 6.45) is -6.02. The topological polar surface area (TPSA) is 289 Å². The highest BCUT2D eigenvalue weighted by Crippen LogP contribution is 2.41. The third kappa shape index (κ3) is 8.14. The molecule has 66 heavy (non-hydrogen) atoms. The molecule has 8 rings (SSSR count). The summed E-state index contributed by atoms with van der Waals surface area (Å²) in [6, 6.07) is 17.2. The Morgan fingerprint density at radius 2 is 1.80 bits per heavy atom. The Morgan fingerprint density at radius 3 is 2.48 bits per heavy atom. The van der Waals surface area contributed by atoms with E-state index in [1.807, 2.05) is 19.1 Å². The Bertz CT molecular complexity index is 2890. The number of aliphatic carboxylic acids is 1. The second kappa shape index (κ2) is 17.9. The van der Waals surface area contributed by atoms with E-state index in [-0.39, 0.29) is 54.8 Å². The third-order valence-corrected chi connectivity index (χ3v) is 11.9. The molecule has 0 saturated carbocycles. The van der Waals surface area contributed by atoms with Crippen molar-refractivity contribution in [2.45, 2.75) is 95.3 Å². The Balaban J connectivity index is 0.924. The number of carboxylic acids is 1. The molecule has 5 aromatic rings. The summed E-state index contributed by atoms with van der Waals surface area (Å²) < 4.78 is 29.0. The number of carbonyl (C=O) groups is 3. The highest BCUT2D eigenvalue weighted by Gasteiger charge is 2.49. The molecule has 0 spiro atoms. The van der Waals surface area contributed by atoms with Crippen molar-refractivity contribution in [1.82, 2.24) is 9.55 Å². The number of pyridine rings is 2. The molecule has 2 aromatic heterocycles. The molecule has 1 fully saturated rings. The lowest BCUT2D eigenvalue weighted by atomic mass is 9.86. The molecule has 0 aliphatic carbocycles. The van der Waals surface area contributed by atoms with E-state index in [4.69, 9.17) is 35.1 Å². The number of hydrogen-bond donors (Lipinski definition) is 6. The fraction of sp³-hybridized carbons (Fsp3) is 0.326. The van der Waals surface area contributed by atoms with E-state index in [0.717, 1.165) is 34.2 Å². The van der Waals surface area contributed by atoms with Gasteiger partial charge >= 0.3 is 23.7 Å². The van der Waals surface area contributed by atoms with Crippen LogP contribution in [-0.2, 0) is 55.6 Å². The van der Waals surface area contributed by atoms with Crippen LogP contribution < -0.4 is 20.3 Å². The molecule has 20 nitrogen and oxygen atoms in total. The summed E-state index contributed by atoms with van der Waals surface area (Å²) in [6.45, 7) is 3.86. The number of ether oxygens (including phenoxy) is 5. The van der Waals surface area contributed by atoms with Gasteiger partial charge in [-0.15, -0.1) is 12.3 Å². The second-order valence-electron chi connectivity index (χ2n) is 15.8. The van der Waals surface area contributed by atoms with Gasteiger partial charge in [-0.1, -0.05) is 32.0 Å². The predicted octanol–water partition coefficient (Wildman–Crippen LogP) is 3.71. The van der Waals surface area contributed by atoms with Crippen LogP contribution in [0, 0.1) is 22.5 Å². The molecule has 1 amide bonds. The van der Waals surface area contributed by atoms with E-state index in [0.29, 0.717) is 34.8 Å². The number of fused-ring (bicyclic) bond motifs is 5. The third-order valence-electron chi connectivity index (χ3n) is 11.9. The SMILES string of the molecule is C#CC[C@@H](OC(=O)Nc1ccc(COc2ccc3nc4c(c(CC)c3c2)Cn2c-4cc3c(c2=O)COC(=O)[C@]3(O)CC)cc1)c1ccc(O[C@H]2O[C@@H](C(=O)O)[C@H](O)[C@@H](O)[C@@H]2O)c([N+](=O)[O-])c1. The number of aromatic nitrogens is 2. The van der Waals surface area contributed by atoms with Crippen molar-refractivity contribution in [2.24, 2.45) is 0 Å². The van der Waals surface area contributed by atoms with Crippen molar-refractivity contribution >= 4 is 40.3 Å². The van der Waals surface area contributed by atoms with Crippen LogP contribution in [0.2, 0.25) is 0 Å². The quantitative estimate of drug-likeness (QED) is 0.0417. The lowest BCUT2D eigenvalue weighted by molar-refractivity contribution is -0.387. The average Bonchev–Trinajstić information content (AvgIpc) is 3.67. The number of rotatable bonds is 13. The number of aliphatic hydroxyl groups is 4. The van der Waals surface area contributed by atoms with Crippen molar-refractivity contribution in [3.05, 3.63) is 121 Å². The van der Waals surface area contributed by atoms with E-state index < -0.39 is 76.8 Å². The predicted molar refractivity (Wildman–Crippen MR) is 229 cm³/mol. The molecular weight excluding hydrogens is 865 g/mol. The summed E-state index contributed by atoms with van der Waals surface area (Å²) in [5, 5.41) is 66.4. The number of terminal acetylenes is 1. The zero-order valence-corrected chi connectivity index (χ0v) is 35.2. The minimum atomic E-state index is -2.01. The lowest BCUT2D eigenvalue weighted by Gasteiger charge is -2.38. The summed E-state index contributed by atoms with van der Waals surface area (Å²) >= 11 is 0. The van der Waals surface area contributed by atoms with Gasteiger partial charge in [0.1, 0.15) is 43.4 Å². The molecule has 3 aliphatic heterocycles. The van der Waals surface area contributed by atoms with Gasteiger partial charge in [0.2, 0.25) is 6.29 Å². The van der Waals surface area contributed by atoms with Crippen LogP contribution >= 0.6 is 0 Å². The average molecular weight is 907 g/mol. The monoisotopic (exact) mass is 906 g/mol. The Labute approximate surface area is 374 Å². The molecule has 20 heteroatoms. The van der Waals surface area contributed by atoms with Gasteiger partial charge in [-0.05, 0) is 66.4 Å². The number of esters is 1. The lowest BCUT2D eigenvalue weighted by Crippen LogP contribution is -2.61. The molecule has 1 saturated heterocycles. The van der Waals surface area contributed by atoms with Gasteiger partial charge in [-0.2, -0.15) is 0 Å². The Hall–Kier alpha value is -7.41. The number of nitro benzene ring substituents is 1. The van der Waals surface area contributed by atoms with Crippen molar-refractivity contribution in [1.29, 1.82) is 0 Å². The summed E-state index contributed by atoms with van der Waals surface area (Å²) in [5.41, 5.74) is 2.35. The maximum Gasteiger partial charge on any atom is 0.412 e. The van der Waals surface area contributed by atoms with Gasteiger partial charge in [0.25, 0.3) is 5.56 Å². The van der Waals surface area contributed by atoms with Crippen LogP contribution in [0.15, 0.2) is 71.5 Å². The number of carbonyl (C=O) groups excluding carboxylic acids is 2. The molecule has 3 aliphatic rings. The Kier molecular flexibility index (Phi) is 12.2. The maximum absolute atomic E-state index is 13.7. The number of anilines is 1. The van der Waals surface area contributed by atoms with Gasteiger partial charge in [0.05, 0.1) is 40.4 Å². The first-order valence-corrected chi connectivity index (χ1v) is 20.7. The van der Waals surface area contributed by atoms with E-state index in [1.165, 1.54) is 6.07 Å². The minimum absolute atomic E-state index is 0.0389. The molecule has 3 aromatic carbocycles. The maximum atomic E-state index is 13.7. The van der Waals surface area contributed by atoms with Gasteiger partial charge in [-0.3, -0.25) is 20.2 Å². The molecule has 0 unspecified atom stereocenters. The van der Waals surface area contributed by atoms with Gasteiger partial charge in [0.15, 0.2) is 17.5 Å². The van der Waals surface area contributed by atoms with Crippen LogP contribution in [0.1, 0.15) is 66.2 Å². The number of nitro groups is 1. The first-order chi connectivity index (χ1) is 31.6. The number of carboxylic acid groups (broad SMARTS) is 1. The van der Waals surface area contributed by atoms with Crippen LogP contribution in [0.25, 0.3) is 22.3 Å². The molecule has 7 atom stereocenters. The number of hydrogen-bond acceptors (Lipinski definition) is 16. The number of nitrogens with one attached hydrogen (secondary N) is 1. The zero-order chi connectivity index (χ0) is 47.2. The minimum Gasteiger partial charge on any atom is -0.489 e. The summed E-state index contributed by atoms with van der Waals surface area (Å²) in [4.78, 5) is 67.0. The number of aryl methyl sites for hydroxylation is 1. The molecule has 0 radical (unpaired) electrons. The smallest absolute Gasteiger partial charge is 0.412 e. The highest BCUT2D eigenvalue weighted by atomic mass is 16.7. The summed E-state index contributed by atoms with van der Waals surface area (Å²) in [7, 11) is 0. The fourth-order valence-electron chi connectivity index (χ4n) is 8.35. The fourth-order valence-corrected chi connectivity index (χ4v) is 8.35. The largest absolute Gasteiger partial charge is 0.489 e. The molecule has 342 valence electrons. The number of aliphatic hydroxyl groups excluding tert-OH is 3. The highest BCUT2D eigenvalue weighted by molar-refractivity contribution is 5.90. The van der Waals surface area contributed by atoms with E-state index >= 15 is 0 Å². The van der Waals surface area contributed by atoms with E-state index in [1.54, 1.807) is 47.9 Å². The molecule has 0 bridgehead atoms. The van der Waals surface area contributed by atoms with Crippen LogP contribution in [-0.4, -0.2) is 88.7 Å². The molecular formula is C46H42N4O16. The molecule has 6 N–H and O–H groups in total. The van der Waals surface area contributed by atoms with Crippen molar-refractivity contribution < 1.29 is 68.5 Å². The first-order valence-electron chi connectivity index (χ1n) is 20.7. The van der Waals surface area contributed by atoms with E-state index in [2.05, 4.69) is 11.2 Å². The van der Waals surface area contributed by atoms with Crippen LogP contribution in [0.4, 0.5) is 16.2 Å². The molecule has 5 heterocycles. The normalized spacial score (nSPS) is 22.2. The van der Waals surface area contributed by atoms with E-state index in [9.17, 15) is 54.8 Å². The Morgan fingerprint density at radius 1 is 1.05 bits per heavy atom. The van der Waals surface area contributed by atoms with Gasteiger partial charge in [0, 0.05) is 33.8 Å². The van der Waals surface area contributed by atoms with Crippen molar-refractivity contribution in [2.75, 3.05) is 5.32 Å². The van der Waals surface area contributed by atoms with Crippen LogP contribution in [0.5, 0.6) is 11.5 Å². The van der Waals surface area contributed by atoms with Crippen molar-refractivity contribution in [3.63, 3.8) is 0 Å². The number of benzene rings is 3. The zero-order valence-electron chi connectivity index (χ0n) is 35.2. The van der Waals surface area contributed by atoms with Crippen molar-refractivity contribution in [3.8, 4) is 35.2 Å². The number of amides is 1. The van der Waals surface area contributed by atoms with Crippen LogP contribution in [0.3, 0.4) is 0 Å². The standard InChI is InChI=1S/C46H42N4O16/c1-4-7-34(23-10-15-35(32(16-23)50(60)61)64-43-39(53)37(51)38(52)40(66-43)42(55)56)65-45(58)47-24-11-8-22(9-12-24)20-62-25-13-14-31-27(17-25)26(5-2)28-19-49-33(36(28)48-31)18-30-29(41(49)54)21-63-44(57)46(30,59)6-3/h1,8-18,34,37-40,43,51-53,59H,5-7,19-21H2,2-3H3,(H,47,58)(H,55,56)/t34-,37-,38-,39+,40-,43+,46+/m1/s1. The summed E-state index contributed by atoms with van der Waals surface area (Å²) in [5.74, 6) is -0.0341. The van der Waals surface area contributed by atoms with Gasteiger partial charge < -0.3 is 53.8 Å². The second-order valence-corrected chi connectivity index (χ2v) is 15.8. The number of nitrogens with zero attached hydrogens (tertiary/aromatic N) is 3.